The van der Waals surface area contributed by atoms with Gasteiger partial charge in [-0.3, -0.25) is 0 Å². The molecule has 106 valence electrons. The fourth-order valence-electron chi connectivity index (χ4n) is 1.90. The van der Waals surface area contributed by atoms with Crippen molar-refractivity contribution in [2.24, 2.45) is 0 Å². The molecule has 1 N–H and O–H groups in total. The van der Waals surface area contributed by atoms with Crippen LogP contribution in [0.25, 0.3) is 0 Å². The minimum absolute atomic E-state index is 0.360. The molecule has 1 aromatic carbocycles. The molecular weight excluding hydrogens is 272 g/mol. The zero-order valence-electron chi connectivity index (χ0n) is 11.7. The smallest absolute Gasteiger partial charge is 0.360 e. The van der Waals surface area contributed by atoms with Crippen LogP contribution in [0, 0.1) is 6.92 Å². The molecule has 0 unspecified atom stereocenters. The summed E-state index contributed by atoms with van der Waals surface area (Å²) in [5.74, 6) is -0.369. The van der Waals surface area contributed by atoms with Crippen molar-refractivity contribution in [2.45, 2.75) is 20.3 Å². The van der Waals surface area contributed by atoms with E-state index >= 15 is 0 Å². The van der Waals surface area contributed by atoms with Gasteiger partial charge in [-0.25, -0.2) is 9.78 Å². The Bertz CT molecular complexity index is 581. The number of nitrogens with one attached hydrogen (secondary N) is 1. The van der Waals surface area contributed by atoms with Gasteiger partial charge in [0.05, 0.1) is 12.1 Å². The standard InChI is InChI=1S/C15H18N2O2S/c1-3-19-15(18)13-14(20-10-17-13)16-8-7-12-6-4-5-11(2)9-12/h4-6,9-10,16H,3,7-8H2,1-2H3. The van der Waals surface area contributed by atoms with Crippen molar-refractivity contribution >= 4 is 22.3 Å². The number of aromatic nitrogens is 1. The van der Waals surface area contributed by atoms with E-state index in [9.17, 15) is 4.79 Å². The molecule has 0 fully saturated rings. The number of anilines is 1. The van der Waals surface area contributed by atoms with Gasteiger partial charge in [-0.15, -0.1) is 11.3 Å². The second kappa shape index (κ2) is 7.05. The van der Waals surface area contributed by atoms with Crippen LogP contribution in [0.5, 0.6) is 0 Å². The van der Waals surface area contributed by atoms with Crippen LogP contribution in [0.3, 0.4) is 0 Å². The van der Waals surface area contributed by atoms with Gasteiger partial charge in [-0.2, -0.15) is 0 Å². The fourth-order valence-corrected chi connectivity index (χ4v) is 2.60. The summed E-state index contributed by atoms with van der Waals surface area (Å²) in [6.45, 7) is 4.99. The lowest BCUT2D eigenvalue weighted by molar-refractivity contribution is 0.0521. The number of nitrogens with zero attached hydrogens (tertiary/aromatic N) is 1. The molecule has 2 rings (SSSR count). The molecule has 1 heterocycles. The quantitative estimate of drug-likeness (QED) is 0.829. The fraction of sp³-hybridized carbons (Fsp3) is 0.333. The van der Waals surface area contributed by atoms with E-state index in [1.54, 1.807) is 12.4 Å². The molecule has 0 saturated carbocycles. The molecule has 0 spiro atoms. The van der Waals surface area contributed by atoms with Crippen LogP contribution in [0.2, 0.25) is 0 Å². The van der Waals surface area contributed by atoms with Crippen LogP contribution in [-0.4, -0.2) is 24.1 Å². The van der Waals surface area contributed by atoms with Crippen LogP contribution >= 0.6 is 11.3 Å². The first-order chi connectivity index (χ1) is 9.70. The average molecular weight is 290 g/mol. The van der Waals surface area contributed by atoms with Gasteiger partial charge in [0.1, 0.15) is 5.00 Å². The number of hydrogen-bond donors (Lipinski definition) is 1. The highest BCUT2D eigenvalue weighted by Crippen LogP contribution is 2.21. The van der Waals surface area contributed by atoms with Gasteiger partial charge in [0, 0.05) is 6.54 Å². The van der Waals surface area contributed by atoms with Gasteiger partial charge >= 0.3 is 5.97 Å². The van der Waals surface area contributed by atoms with Crippen molar-refractivity contribution in [3.8, 4) is 0 Å². The van der Waals surface area contributed by atoms with E-state index in [-0.39, 0.29) is 5.97 Å². The molecule has 0 aliphatic heterocycles. The minimum atomic E-state index is -0.369. The van der Waals surface area contributed by atoms with Crippen LogP contribution in [0.15, 0.2) is 29.8 Å². The Morgan fingerprint density at radius 3 is 3.05 bits per heavy atom. The van der Waals surface area contributed by atoms with Crippen molar-refractivity contribution in [3.05, 3.63) is 46.6 Å². The lowest BCUT2D eigenvalue weighted by atomic mass is 10.1. The Morgan fingerprint density at radius 1 is 1.45 bits per heavy atom. The second-order valence-corrected chi connectivity index (χ2v) is 5.27. The summed E-state index contributed by atoms with van der Waals surface area (Å²) in [4.78, 5) is 15.7. The monoisotopic (exact) mass is 290 g/mol. The van der Waals surface area contributed by atoms with Crippen LogP contribution < -0.4 is 5.32 Å². The molecule has 0 bridgehead atoms. The Kier molecular flexibility index (Phi) is 5.12. The summed E-state index contributed by atoms with van der Waals surface area (Å²) in [7, 11) is 0. The maximum Gasteiger partial charge on any atom is 0.360 e. The molecule has 1 aromatic heterocycles. The first-order valence-electron chi connectivity index (χ1n) is 6.60. The first-order valence-corrected chi connectivity index (χ1v) is 7.48. The SMILES string of the molecule is CCOC(=O)c1ncsc1NCCc1cccc(C)c1. The molecule has 0 amide bonds. The predicted octanol–water partition coefficient (Wildman–Crippen LogP) is 3.28. The highest BCUT2D eigenvalue weighted by molar-refractivity contribution is 7.14. The summed E-state index contributed by atoms with van der Waals surface area (Å²) in [6.07, 6.45) is 0.905. The Hall–Kier alpha value is -1.88. The number of carbonyl (C=O) groups excluding carboxylic acids is 1. The largest absolute Gasteiger partial charge is 0.461 e. The highest BCUT2D eigenvalue weighted by atomic mass is 32.1. The number of aryl methyl sites for hydroxylation is 1. The minimum Gasteiger partial charge on any atom is -0.461 e. The molecule has 0 radical (unpaired) electrons. The van der Waals surface area contributed by atoms with Gasteiger partial charge in [0.15, 0.2) is 5.69 Å². The molecule has 0 aliphatic rings. The zero-order chi connectivity index (χ0) is 14.4. The third-order valence-corrected chi connectivity index (χ3v) is 3.60. The third kappa shape index (κ3) is 3.81. The summed E-state index contributed by atoms with van der Waals surface area (Å²) in [5, 5.41) is 4.03. The summed E-state index contributed by atoms with van der Waals surface area (Å²) >= 11 is 1.42. The highest BCUT2D eigenvalue weighted by Gasteiger charge is 2.15. The number of rotatable bonds is 6. The topological polar surface area (TPSA) is 51.2 Å². The lowest BCUT2D eigenvalue weighted by Gasteiger charge is -2.06. The second-order valence-electron chi connectivity index (χ2n) is 4.42. The van der Waals surface area contributed by atoms with E-state index in [4.69, 9.17) is 4.74 Å². The Balaban J connectivity index is 1.91. The summed E-state index contributed by atoms with van der Waals surface area (Å²) < 4.78 is 4.97. The van der Waals surface area contributed by atoms with Crippen molar-refractivity contribution in [1.82, 2.24) is 4.98 Å². The van der Waals surface area contributed by atoms with E-state index in [1.165, 1.54) is 22.5 Å². The number of ether oxygens (including phenoxy) is 1. The van der Waals surface area contributed by atoms with Crippen molar-refractivity contribution in [3.63, 3.8) is 0 Å². The number of esters is 1. The molecule has 0 aliphatic carbocycles. The first kappa shape index (κ1) is 14.5. The summed E-state index contributed by atoms with van der Waals surface area (Å²) in [6, 6.07) is 8.41. The van der Waals surface area contributed by atoms with Gasteiger partial charge < -0.3 is 10.1 Å². The van der Waals surface area contributed by atoms with E-state index < -0.39 is 0 Å². The van der Waals surface area contributed by atoms with Gasteiger partial charge in [0.25, 0.3) is 0 Å². The maximum atomic E-state index is 11.7. The van der Waals surface area contributed by atoms with E-state index in [2.05, 4.69) is 41.5 Å². The Labute approximate surface area is 122 Å². The van der Waals surface area contributed by atoms with E-state index in [0.717, 1.165) is 18.0 Å². The number of hydrogen-bond acceptors (Lipinski definition) is 5. The normalized spacial score (nSPS) is 10.3. The predicted molar refractivity (Wildman–Crippen MR) is 81.4 cm³/mol. The summed E-state index contributed by atoms with van der Waals surface area (Å²) in [5.41, 5.74) is 4.56. The molecule has 0 saturated heterocycles. The number of carbonyl (C=O) groups is 1. The molecule has 5 heteroatoms. The van der Waals surface area contributed by atoms with E-state index in [1.807, 2.05) is 0 Å². The van der Waals surface area contributed by atoms with E-state index in [0.29, 0.717) is 12.3 Å². The molecular formula is C15H18N2O2S. The molecule has 4 nitrogen and oxygen atoms in total. The van der Waals surface area contributed by atoms with Crippen molar-refractivity contribution in [1.29, 1.82) is 0 Å². The van der Waals surface area contributed by atoms with Crippen LogP contribution in [-0.2, 0) is 11.2 Å². The van der Waals surface area contributed by atoms with Crippen LogP contribution in [0.1, 0.15) is 28.5 Å². The van der Waals surface area contributed by atoms with Gasteiger partial charge in [-0.05, 0) is 25.8 Å². The maximum absolute atomic E-state index is 11.7. The van der Waals surface area contributed by atoms with Gasteiger partial charge in [-0.1, -0.05) is 29.8 Å². The van der Waals surface area contributed by atoms with Crippen LogP contribution in [0.4, 0.5) is 5.00 Å². The number of thiazole rings is 1. The molecule has 20 heavy (non-hydrogen) atoms. The zero-order valence-corrected chi connectivity index (χ0v) is 12.5. The Morgan fingerprint density at radius 2 is 2.30 bits per heavy atom. The molecule has 2 aromatic rings. The molecule has 0 atom stereocenters. The number of benzene rings is 1. The van der Waals surface area contributed by atoms with Gasteiger partial charge in [0.2, 0.25) is 0 Å². The van der Waals surface area contributed by atoms with Crippen molar-refractivity contribution < 1.29 is 9.53 Å². The third-order valence-electron chi connectivity index (χ3n) is 2.82. The van der Waals surface area contributed by atoms with Crippen molar-refractivity contribution in [2.75, 3.05) is 18.5 Å². The average Bonchev–Trinajstić information content (AvgIpc) is 2.87. The lowest BCUT2D eigenvalue weighted by Crippen LogP contribution is -2.10.